The Bertz CT molecular complexity index is 1010. The van der Waals surface area contributed by atoms with Gasteiger partial charge in [0.1, 0.15) is 12.2 Å². The van der Waals surface area contributed by atoms with Crippen LogP contribution in [0.2, 0.25) is 5.02 Å². The highest BCUT2D eigenvalue weighted by atomic mass is 79.9. The zero-order valence-corrected chi connectivity index (χ0v) is 21.4. The molecule has 0 saturated heterocycles. The topological polar surface area (TPSA) is 70.8 Å². The summed E-state index contributed by atoms with van der Waals surface area (Å²) in [6, 6.07) is 10.6. The molecule has 0 N–H and O–H groups in total. The summed E-state index contributed by atoms with van der Waals surface area (Å²) in [5, 5.41) is 12.2. The van der Waals surface area contributed by atoms with Gasteiger partial charge in [0.25, 0.3) is 0 Å². The summed E-state index contributed by atoms with van der Waals surface area (Å²) in [5.41, 5.74) is -0.105. The Morgan fingerprint density at radius 1 is 1.16 bits per heavy atom. The second-order valence-electron chi connectivity index (χ2n) is 9.13. The summed E-state index contributed by atoms with van der Waals surface area (Å²) in [5.74, 6) is 0.200. The van der Waals surface area contributed by atoms with Crippen LogP contribution >= 0.6 is 27.5 Å². The molecule has 0 unspecified atom stereocenters. The van der Waals surface area contributed by atoms with Gasteiger partial charge in [-0.2, -0.15) is 0 Å². The molecule has 0 radical (unpaired) electrons. The van der Waals surface area contributed by atoms with Crippen LogP contribution in [0.3, 0.4) is 0 Å². The summed E-state index contributed by atoms with van der Waals surface area (Å²) in [7, 11) is 1.66. The van der Waals surface area contributed by atoms with Crippen molar-refractivity contribution in [2.75, 3.05) is 13.7 Å². The third-order valence-electron chi connectivity index (χ3n) is 6.57. The number of nitrogens with zero attached hydrogens (tertiary/aromatic N) is 1. The van der Waals surface area contributed by atoms with Gasteiger partial charge < -0.3 is 14.2 Å². The molecule has 0 heterocycles. The fourth-order valence-corrected chi connectivity index (χ4v) is 4.55. The van der Waals surface area contributed by atoms with Crippen molar-refractivity contribution in [3.63, 3.8) is 0 Å². The van der Waals surface area contributed by atoms with E-state index in [1.54, 1.807) is 19.2 Å². The van der Waals surface area contributed by atoms with Gasteiger partial charge in [0.15, 0.2) is 5.75 Å². The lowest BCUT2D eigenvalue weighted by molar-refractivity contribution is -0.386. The molecule has 2 aromatic carbocycles. The van der Waals surface area contributed by atoms with E-state index in [1.165, 1.54) is 6.07 Å². The summed E-state index contributed by atoms with van der Waals surface area (Å²) < 4.78 is 19.3. The van der Waals surface area contributed by atoms with Crippen molar-refractivity contribution in [3.8, 4) is 5.75 Å². The van der Waals surface area contributed by atoms with E-state index in [0.29, 0.717) is 15.9 Å². The van der Waals surface area contributed by atoms with Crippen LogP contribution in [0, 0.1) is 10.1 Å². The molecule has 0 spiro atoms. The molecule has 6 nitrogen and oxygen atoms in total. The van der Waals surface area contributed by atoms with Crippen molar-refractivity contribution in [1.29, 1.82) is 0 Å². The number of rotatable bonds is 8. The van der Waals surface area contributed by atoms with Crippen LogP contribution in [-0.4, -0.2) is 29.8 Å². The lowest BCUT2D eigenvalue weighted by Crippen LogP contribution is -2.55. The molecular formula is C24H29BrClNO5. The van der Waals surface area contributed by atoms with Crippen LogP contribution in [0.5, 0.6) is 5.75 Å². The monoisotopic (exact) mass is 525 g/mol. The second kappa shape index (κ2) is 9.29. The summed E-state index contributed by atoms with van der Waals surface area (Å²) >= 11 is 9.56. The van der Waals surface area contributed by atoms with Gasteiger partial charge in [-0.1, -0.05) is 33.6 Å². The standard InChI is InChI=1S/C24H29BrClNO5/c1-22(2,30-5)23(3,4)32-24(12-6-7-16-13-18(26)9-10-19(16)24)15-31-21-11-8-17(25)14-20(21)27(28)29/h8-11,13-14H,6-7,12,15H2,1-5H3/t24-/m0/s1. The van der Waals surface area contributed by atoms with E-state index in [0.717, 1.165) is 24.0 Å². The number of hydrogen-bond donors (Lipinski definition) is 0. The fraction of sp³-hybridized carbons (Fsp3) is 0.500. The Morgan fingerprint density at radius 3 is 2.53 bits per heavy atom. The minimum atomic E-state index is -0.821. The Kier molecular flexibility index (Phi) is 7.25. The second-order valence-corrected chi connectivity index (χ2v) is 10.5. The maximum Gasteiger partial charge on any atom is 0.312 e. The molecular weight excluding hydrogens is 498 g/mol. The van der Waals surface area contributed by atoms with Crippen molar-refractivity contribution in [2.45, 2.75) is 63.8 Å². The molecule has 0 amide bonds. The minimum absolute atomic E-state index is 0.0989. The molecule has 1 aliphatic carbocycles. The molecule has 0 bridgehead atoms. The molecule has 32 heavy (non-hydrogen) atoms. The number of benzene rings is 2. The number of ether oxygens (including phenoxy) is 3. The van der Waals surface area contributed by atoms with Crippen LogP contribution in [0.15, 0.2) is 40.9 Å². The van der Waals surface area contributed by atoms with Crippen molar-refractivity contribution >= 4 is 33.2 Å². The number of methoxy groups -OCH3 is 1. The summed E-state index contributed by atoms with van der Waals surface area (Å²) in [6.07, 6.45) is 2.46. The molecule has 0 saturated carbocycles. The third-order valence-corrected chi connectivity index (χ3v) is 7.30. The number of halogens is 2. The first-order valence-electron chi connectivity index (χ1n) is 10.5. The first-order chi connectivity index (χ1) is 14.9. The quantitative estimate of drug-likeness (QED) is 0.278. The molecule has 1 atom stereocenters. The highest BCUT2D eigenvalue weighted by molar-refractivity contribution is 9.10. The normalized spacial score (nSPS) is 18.8. The van der Waals surface area contributed by atoms with Gasteiger partial charge in [0.05, 0.1) is 16.1 Å². The van der Waals surface area contributed by atoms with E-state index in [2.05, 4.69) is 15.9 Å². The average molecular weight is 527 g/mol. The third kappa shape index (κ3) is 4.96. The maximum atomic E-state index is 11.6. The van der Waals surface area contributed by atoms with Crippen molar-refractivity contribution in [1.82, 2.24) is 0 Å². The Balaban J connectivity index is 2.05. The fourth-order valence-electron chi connectivity index (χ4n) is 4.00. The van der Waals surface area contributed by atoms with E-state index < -0.39 is 21.7 Å². The predicted octanol–water partition coefficient (Wildman–Crippen LogP) is 6.84. The average Bonchev–Trinajstić information content (AvgIpc) is 2.72. The molecule has 0 fully saturated rings. The predicted molar refractivity (Wildman–Crippen MR) is 129 cm³/mol. The van der Waals surface area contributed by atoms with Gasteiger partial charge in [-0.25, -0.2) is 0 Å². The molecule has 174 valence electrons. The van der Waals surface area contributed by atoms with E-state index >= 15 is 0 Å². The molecule has 2 aromatic rings. The SMILES string of the molecule is COC(C)(C)C(C)(C)O[C@]1(COc2ccc(Br)cc2[N+](=O)[O-])CCCc2cc(Cl)ccc21. The van der Waals surface area contributed by atoms with Crippen LogP contribution in [-0.2, 0) is 21.5 Å². The number of hydrogen-bond acceptors (Lipinski definition) is 5. The van der Waals surface area contributed by atoms with Crippen LogP contribution in [0.4, 0.5) is 5.69 Å². The van der Waals surface area contributed by atoms with Crippen molar-refractivity contribution in [3.05, 3.63) is 67.1 Å². The number of nitro groups is 1. The zero-order valence-electron chi connectivity index (χ0n) is 19.0. The highest BCUT2D eigenvalue weighted by Gasteiger charge is 2.48. The molecule has 0 aromatic heterocycles. The minimum Gasteiger partial charge on any atom is -0.483 e. The van der Waals surface area contributed by atoms with Gasteiger partial charge in [-0.3, -0.25) is 10.1 Å². The van der Waals surface area contributed by atoms with E-state index in [9.17, 15) is 10.1 Å². The Morgan fingerprint density at radius 2 is 1.88 bits per heavy atom. The summed E-state index contributed by atoms with van der Waals surface area (Å²) in [4.78, 5) is 11.1. The largest absolute Gasteiger partial charge is 0.483 e. The summed E-state index contributed by atoms with van der Waals surface area (Å²) in [6.45, 7) is 8.06. The van der Waals surface area contributed by atoms with Crippen LogP contribution < -0.4 is 4.74 Å². The van der Waals surface area contributed by atoms with E-state index in [4.69, 9.17) is 25.8 Å². The number of nitro benzene ring substituents is 1. The smallest absolute Gasteiger partial charge is 0.312 e. The van der Waals surface area contributed by atoms with Crippen molar-refractivity contribution in [2.24, 2.45) is 0 Å². The maximum absolute atomic E-state index is 11.6. The van der Waals surface area contributed by atoms with Crippen LogP contribution in [0.25, 0.3) is 0 Å². The van der Waals surface area contributed by atoms with Gasteiger partial charge in [-0.05, 0) is 82.3 Å². The Hall–Kier alpha value is -1.67. The zero-order chi connectivity index (χ0) is 23.7. The molecule has 3 rings (SSSR count). The van der Waals surface area contributed by atoms with Crippen molar-refractivity contribution < 1.29 is 19.1 Å². The lowest BCUT2D eigenvalue weighted by Gasteiger charge is -2.49. The highest BCUT2D eigenvalue weighted by Crippen LogP contribution is 2.45. The molecule has 0 aliphatic heterocycles. The van der Waals surface area contributed by atoms with Gasteiger partial charge in [0.2, 0.25) is 0 Å². The van der Waals surface area contributed by atoms with Gasteiger partial charge in [-0.15, -0.1) is 0 Å². The molecule has 8 heteroatoms. The Labute approximate surface area is 202 Å². The van der Waals surface area contributed by atoms with Crippen LogP contribution in [0.1, 0.15) is 51.7 Å². The first-order valence-corrected chi connectivity index (χ1v) is 11.7. The number of aryl methyl sites for hydroxylation is 1. The van der Waals surface area contributed by atoms with E-state index in [-0.39, 0.29) is 18.0 Å². The lowest BCUT2D eigenvalue weighted by atomic mass is 9.77. The van der Waals surface area contributed by atoms with E-state index in [1.807, 2.05) is 45.9 Å². The first kappa shape index (κ1) is 25.0. The van der Waals surface area contributed by atoms with Gasteiger partial charge >= 0.3 is 5.69 Å². The number of fused-ring (bicyclic) bond motifs is 1. The van der Waals surface area contributed by atoms with Gasteiger partial charge in [0, 0.05) is 22.7 Å². The molecule has 1 aliphatic rings.